The summed E-state index contributed by atoms with van der Waals surface area (Å²) in [6, 6.07) is 0. The Bertz CT molecular complexity index is 311. The van der Waals surface area contributed by atoms with E-state index in [0.29, 0.717) is 6.29 Å². The van der Waals surface area contributed by atoms with Crippen molar-refractivity contribution in [2.45, 2.75) is 25.7 Å². The van der Waals surface area contributed by atoms with Crippen molar-refractivity contribution < 1.29 is 4.79 Å². The van der Waals surface area contributed by atoms with Crippen LogP contribution in [0.1, 0.15) is 34.8 Å². The van der Waals surface area contributed by atoms with Gasteiger partial charge >= 0.3 is 0 Å². The molecule has 1 aliphatic rings. The summed E-state index contributed by atoms with van der Waals surface area (Å²) in [7, 11) is 0. The van der Waals surface area contributed by atoms with Gasteiger partial charge in [0.15, 0.2) is 6.29 Å². The zero-order chi connectivity index (χ0) is 8.39. The van der Waals surface area contributed by atoms with E-state index in [1.54, 1.807) is 0 Å². The highest BCUT2D eigenvalue weighted by Gasteiger charge is 2.12. The van der Waals surface area contributed by atoms with Crippen LogP contribution in [0.4, 0.5) is 0 Å². The molecule has 0 fully saturated rings. The van der Waals surface area contributed by atoms with Crippen LogP contribution in [0.5, 0.6) is 0 Å². The van der Waals surface area contributed by atoms with Gasteiger partial charge in [-0.15, -0.1) is 5.10 Å². The van der Waals surface area contributed by atoms with Crippen molar-refractivity contribution in [2.75, 3.05) is 0 Å². The maximum Gasteiger partial charge on any atom is 0.214 e. The van der Waals surface area contributed by atoms with Crippen LogP contribution in [-0.2, 0) is 12.8 Å². The standard InChI is InChI=1S/C8H9N3O/c12-5-8-9-6-3-1-2-4-7(6)10-11-8/h5H,1-4H2. The predicted molar refractivity (Wildman–Crippen MR) is 41.9 cm³/mol. The zero-order valence-corrected chi connectivity index (χ0v) is 6.66. The van der Waals surface area contributed by atoms with Gasteiger partial charge in [-0.2, -0.15) is 5.10 Å². The van der Waals surface area contributed by atoms with Crippen LogP contribution >= 0.6 is 0 Å². The topological polar surface area (TPSA) is 55.7 Å². The Morgan fingerprint density at radius 2 is 1.83 bits per heavy atom. The minimum absolute atomic E-state index is 0.204. The van der Waals surface area contributed by atoms with E-state index in [1.807, 2.05) is 0 Å². The Morgan fingerprint density at radius 3 is 2.58 bits per heavy atom. The Labute approximate surface area is 70.0 Å². The van der Waals surface area contributed by atoms with Crippen LogP contribution in [0.15, 0.2) is 0 Å². The molecule has 0 spiro atoms. The Kier molecular flexibility index (Phi) is 1.81. The summed E-state index contributed by atoms with van der Waals surface area (Å²) in [6.07, 6.45) is 4.83. The average Bonchev–Trinajstić information content (AvgIpc) is 2.17. The molecule has 1 aromatic heterocycles. The number of nitrogens with zero attached hydrogens (tertiary/aromatic N) is 3. The van der Waals surface area contributed by atoms with Crippen LogP contribution in [0, 0.1) is 0 Å². The fourth-order valence-corrected chi connectivity index (χ4v) is 1.42. The number of rotatable bonds is 1. The molecular weight excluding hydrogens is 154 g/mol. The van der Waals surface area contributed by atoms with Gasteiger partial charge < -0.3 is 0 Å². The molecule has 0 unspecified atom stereocenters. The number of carbonyl (C=O) groups is 1. The summed E-state index contributed by atoms with van der Waals surface area (Å²) in [5.74, 6) is 0.204. The summed E-state index contributed by atoms with van der Waals surface area (Å²) < 4.78 is 0. The van der Waals surface area contributed by atoms with E-state index in [1.165, 1.54) is 0 Å². The van der Waals surface area contributed by atoms with Crippen molar-refractivity contribution in [3.8, 4) is 0 Å². The van der Waals surface area contributed by atoms with Crippen LogP contribution in [0.3, 0.4) is 0 Å². The van der Waals surface area contributed by atoms with Gasteiger partial charge in [0.25, 0.3) is 0 Å². The maximum atomic E-state index is 10.3. The van der Waals surface area contributed by atoms with Crippen molar-refractivity contribution in [3.63, 3.8) is 0 Å². The lowest BCUT2D eigenvalue weighted by atomic mass is 10.0. The highest BCUT2D eigenvalue weighted by atomic mass is 16.1. The first kappa shape index (κ1) is 7.34. The fraction of sp³-hybridized carbons (Fsp3) is 0.500. The molecule has 0 atom stereocenters. The third-order valence-electron chi connectivity index (χ3n) is 2.04. The maximum absolute atomic E-state index is 10.3. The van der Waals surface area contributed by atoms with Crippen LogP contribution < -0.4 is 0 Å². The number of carbonyl (C=O) groups excluding carboxylic acids is 1. The van der Waals surface area contributed by atoms with Gasteiger partial charge in [-0.1, -0.05) is 0 Å². The number of aromatic nitrogens is 3. The highest BCUT2D eigenvalue weighted by Crippen LogP contribution is 2.15. The largest absolute Gasteiger partial charge is 0.294 e. The van der Waals surface area contributed by atoms with Gasteiger partial charge in [0.2, 0.25) is 5.82 Å². The number of hydrogen-bond donors (Lipinski definition) is 0. The molecule has 0 radical (unpaired) electrons. The smallest absolute Gasteiger partial charge is 0.214 e. The second-order valence-electron chi connectivity index (χ2n) is 2.89. The van der Waals surface area contributed by atoms with Gasteiger partial charge in [0, 0.05) is 0 Å². The predicted octanol–water partition coefficient (Wildman–Crippen LogP) is 0.563. The molecule has 12 heavy (non-hydrogen) atoms. The normalized spacial score (nSPS) is 15.3. The molecular formula is C8H9N3O. The molecule has 4 nitrogen and oxygen atoms in total. The highest BCUT2D eigenvalue weighted by molar-refractivity contribution is 5.68. The molecule has 1 heterocycles. The summed E-state index contributed by atoms with van der Waals surface area (Å²) in [6.45, 7) is 0. The SMILES string of the molecule is O=Cc1nnc2c(n1)CCCC2. The van der Waals surface area contributed by atoms with E-state index < -0.39 is 0 Å². The average molecular weight is 163 g/mol. The van der Waals surface area contributed by atoms with E-state index in [0.717, 1.165) is 37.1 Å². The Morgan fingerprint density at radius 1 is 1.08 bits per heavy atom. The molecule has 1 aliphatic carbocycles. The third-order valence-corrected chi connectivity index (χ3v) is 2.04. The molecule has 4 heteroatoms. The first-order valence-corrected chi connectivity index (χ1v) is 4.08. The molecule has 0 amide bonds. The zero-order valence-electron chi connectivity index (χ0n) is 6.66. The van der Waals surface area contributed by atoms with Gasteiger partial charge in [-0.3, -0.25) is 4.79 Å². The van der Waals surface area contributed by atoms with E-state index in [-0.39, 0.29) is 5.82 Å². The molecule has 1 aromatic rings. The third kappa shape index (κ3) is 1.20. The number of fused-ring (bicyclic) bond motifs is 1. The first-order chi connectivity index (χ1) is 5.90. The lowest BCUT2D eigenvalue weighted by Gasteiger charge is -2.11. The molecule has 2 rings (SSSR count). The fourth-order valence-electron chi connectivity index (χ4n) is 1.42. The quantitative estimate of drug-likeness (QED) is 0.568. The van der Waals surface area contributed by atoms with E-state index in [2.05, 4.69) is 15.2 Å². The Balaban J connectivity index is 2.42. The molecule has 62 valence electrons. The van der Waals surface area contributed by atoms with E-state index in [9.17, 15) is 4.79 Å². The molecule has 0 aromatic carbocycles. The molecule has 0 bridgehead atoms. The first-order valence-electron chi connectivity index (χ1n) is 4.08. The molecule has 0 saturated carbocycles. The van der Waals surface area contributed by atoms with E-state index in [4.69, 9.17) is 0 Å². The summed E-state index contributed by atoms with van der Waals surface area (Å²) in [5.41, 5.74) is 1.92. The van der Waals surface area contributed by atoms with Crippen molar-refractivity contribution in [2.24, 2.45) is 0 Å². The second kappa shape index (κ2) is 2.97. The van der Waals surface area contributed by atoms with Gasteiger partial charge in [-0.25, -0.2) is 4.98 Å². The number of hydrogen-bond acceptors (Lipinski definition) is 4. The van der Waals surface area contributed by atoms with E-state index >= 15 is 0 Å². The summed E-state index contributed by atoms with van der Waals surface area (Å²) in [4.78, 5) is 14.4. The second-order valence-corrected chi connectivity index (χ2v) is 2.89. The van der Waals surface area contributed by atoms with Crippen LogP contribution in [0.2, 0.25) is 0 Å². The van der Waals surface area contributed by atoms with Crippen molar-refractivity contribution >= 4 is 6.29 Å². The van der Waals surface area contributed by atoms with Gasteiger partial charge in [-0.05, 0) is 25.7 Å². The molecule has 0 aliphatic heterocycles. The molecule has 0 saturated heterocycles. The lowest BCUT2D eigenvalue weighted by molar-refractivity contribution is 0.111. The molecule has 0 N–H and O–H groups in total. The lowest BCUT2D eigenvalue weighted by Crippen LogP contribution is -2.11. The van der Waals surface area contributed by atoms with Crippen LogP contribution in [0.25, 0.3) is 0 Å². The van der Waals surface area contributed by atoms with Gasteiger partial charge in [0.1, 0.15) is 0 Å². The van der Waals surface area contributed by atoms with Crippen LogP contribution in [-0.4, -0.2) is 21.5 Å². The number of aldehydes is 1. The van der Waals surface area contributed by atoms with Gasteiger partial charge in [0.05, 0.1) is 11.4 Å². The minimum Gasteiger partial charge on any atom is -0.294 e. The van der Waals surface area contributed by atoms with Crippen molar-refractivity contribution in [3.05, 3.63) is 17.2 Å². The van der Waals surface area contributed by atoms with Crippen molar-refractivity contribution in [1.29, 1.82) is 0 Å². The summed E-state index contributed by atoms with van der Waals surface area (Å²) >= 11 is 0. The number of aryl methyl sites for hydroxylation is 2. The Hall–Kier alpha value is -1.32. The summed E-state index contributed by atoms with van der Waals surface area (Å²) in [5, 5.41) is 7.63. The minimum atomic E-state index is 0.204. The monoisotopic (exact) mass is 163 g/mol. The van der Waals surface area contributed by atoms with Crippen molar-refractivity contribution in [1.82, 2.24) is 15.2 Å².